The lowest BCUT2D eigenvalue weighted by Crippen LogP contribution is -2.27. The number of anilines is 1. The van der Waals surface area contributed by atoms with Crippen LogP contribution in [0.3, 0.4) is 0 Å². The highest BCUT2D eigenvalue weighted by molar-refractivity contribution is 7.84. The van der Waals surface area contributed by atoms with Crippen LogP contribution in [0.1, 0.15) is 0 Å². The van der Waals surface area contributed by atoms with Gasteiger partial charge in [-0.1, -0.05) is 0 Å². The Kier molecular flexibility index (Phi) is 3.44. The Balaban J connectivity index is 2.18. The van der Waals surface area contributed by atoms with Crippen molar-refractivity contribution in [3.05, 3.63) is 24.3 Å². The van der Waals surface area contributed by atoms with Crippen LogP contribution in [0.5, 0.6) is 0 Å². The SMILES string of the molecule is CS(=O)c1ccc(N2C[C@H](CN)OC2=O)cc1. The zero-order chi connectivity index (χ0) is 12.4. The van der Waals surface area contributed by atoms with E-state index < -0.39 is 10.8 Å². The van der Waals surface area contributed by atoms with E-state index in [0.717, 1.165) is 10.6 Å². The largest absolute Gasteiger partial charge is 0.443 e. The molecule has 1 amide bonds. The summed E-state index contributed by atoms with van der Waals surface area (Å²) in [4.78, 5) is 13.8. The quantitative estimate of drug-likeness (QED) is 0.862. The number of ether oxygens (including phenoxy) is 1. The molecule has 0 aliphatic carbocycles. The summed E-state index contributed by atoms with van der Waals surface area (Å²) in [5.41, 5.74) is 6.19. The standard InChI is InChI=1S/C11H14N2O3S/c1-17(15)10-4-2-8(3-5-10)13-7-9(6-12)16-11(13)14/h2-5,9H,6-7,12H2,1H3/t9-,17?/m0/s1. The van der Waals surface area contributed by atoms with Crippen molar-refractivity contribution in [2.24, 2.45) is 5.73 Å². The van der Waals surface area contributed by atoms with Crippen LogP contribution in [-0.2, 0) is 15.5 Å². The molecule has 0 aromatic heterocycles. The second-order valence-electron chi connectivity index (χ2n) is 3.80. The molecular formula is C11H14N2O3S. The number of carbonyl (C=O) groups is 1. The van der Waals surface area contributed by atoms with Gasteiger partial charge in [-0.3, -0.25) is 9.11 Å². The normalized spacial score (nSPS) is 21.4. The first-order valence-corrected chi connectivity index (χ1v) is 6.79. The maximum atomic E-state index is 11.6. The van der Waals surface area contributed by atoms with Crippen molar-refractivity contribution in [3.63, 3.8) is 0 Å². The summed E-state index contributed by atoms with van der Waals surface area (Å²) in [6, 6.07) is 7.01. The van der Waals surface area contributed by atoms with Crippen molar-refractivity contribution in [2.75, 3.05) is 24.2 Å². The fourth-order valence-electron chi connectivity index (χ4n) is 1.67. The van der Waals surface area contributed by atoms with Gasteiger partial charge in [-0.05, 0) is 24.3 Å². The first kappa shape index (κ1) is 12.1. The van der Waals surface area contributed by atoms with E-state index >= 15 is 0 Å². The number of nitrogens with zero attached hydrogens (tertiary/aromatic N) is 1. The van der Waals surface area contributed by atoms with Gasteiger partial charge in [0, 0.05) is 34.2 Å². The van der Waals surface area contributed by atoms with E-state index in [1.165, 1.54) is 4.90 Å². The molecule has 0 saturated carbocycles. The average Bonchev–Trinajstić information content (AvgIpc) is 2.71. The third kappa shape index (κ3) is 2.48. The smallest absolute Gasteiger partial charge is 0.414 e. The molecule has 92 valence electrons. The highest BCUT2D eigenvalue weighted by atomic mass is 32.2. The number of amides is 1. The first-order valence-electron chi connectivity index (χ1n) is 5.23. The van der Waals surface area contributed by atoms with Gasteiger partial charge in [-0.25, -0.2) is 4.79 Å². The lowest BCUT2D eigenvalue weighted by atomic mass is 10.3. The van der Waals surface area contributed by atoms with E-state index in [2.05, 4.69) is 0 Å². The molecule has 1 saturated heterocycles. The van der Waals surface area contributed by atoms with Gasteiger partial charge in [0.2, 0.25) is 0 Å². The molecule has 0 bridgehead atoms. The van der Waals surface area contributed by atoms with Gasteiger partial charge in [0.05, 0.1) is 6.54 Å². The molecule has 6 heteroatoms. The van der Waals surface area contributed by atoms with E-state index in [4.69, 9.17) is 10.5 Å². The Morgan fingerprint density at radius 2 is 2.12 bits per heavy atom. The van der Waals surface area contributed by atoms with Crippen LogP contribution in [0, 0.1) is 0 Å². The maximum Gasteiger partial charge on any atom is 0.414 e. The van der Waals surface area contributed by atoms with Crippen LogP contribution in [0.15, 0.2) is 29.2 Å². The topological polar surface area (TPSA) is 72.6 Å². The minimum Gasteiger partial charge on any atom is -0.443 e. The van der Waals surface area contributed by atoms with Crippen LogP contribution in [0.25, 0.3) is 0 Å². The molecule has 1 aliphatic heterocycles. The molecule has 0 spiro atoms. The number of hydrogen-bond acceptors (Lipinski definition) is 4. The lowest BCUT2D eigenvalue weighted by molar-refractivity contribution is 0.145. The summed E-state index contributed by atoms with van der Waals surface area (Å²) >= 11 is 0. The summed E-state index contributed by atoms with van der Waals surface area (Å²) in [5, 5.41) is 0. The first-order chi connectivity index (χ1) is 8.11. The summed E-state index contributed by atoms with van der Waals surface area (Å²) in [7, 11) is -1.01. The lowest BCUT2D eigenvalue weighted by Gasteiger charge is -2.12. The van der Waals surface area contributed by atoms with Crippen LogP contribution in [0.4, 0.5) is 10.5 Å². The number of nitrogens with two attached hydrogens (primary N) is 1. The molecule has 1 heterocycles. The molecule has 17 heavy (non-hydrogen) atoms. The minimum absolute atomic E-state index is 0.248. The molecule has 1 aromatic rings. The van der Waals surface area contributed by atoms with Gasteiger partial charge >= 0.3 is 6.09 Å². The van der Waals surface area contributed by atoms with Crippen molar-refractivity contribution >= 4 is 22.6 Å². The van der Waals surface area contributed by atoms with Crippen molar-refractivity contribution in [1.29, 1.82) is 0 Å². The van der Waals surface area contributed by atoms with E-state index in [0.29, 0.717) is 13.1 Å². The Morgan fingerprint density at radius 3 is 2.59 bits per heavy atom. The number of cyclic esters (lactones) is 1. The fourth-order valence-corrected chi connectivity index (χ4v) is 2.19. The third-order valence-electron chi connectivity index (χ3n) is 2.62. The second-order valence-corrected chi connectivity index (χ2v) is 5.18. The molecular weight excluding hydrogens is 240 g/mol. The molecule has 2 N–H and O–H groups in total. The molecule has 1 aliphatic rings. The van der Waals surface area contributed by atoms with Gasteiger partial charge in [0.15, 0.2) is 0 Å². The molecule has 1 unspecified atom stereocenters. The summed E-state index contributed by atoms with van der Waals surface area (Å²) in [5.74, 6) is 0. The Morgan fingerprint density at radius 1 is 1.47 bits per heavy atom. The van der Waals surface area contributed by atoms with Crippen LogP contribution >= 0.6 is 0 Å². The maximum absolute atomic E-state index is 11.6. The van der Waals surface area contributed by atoms with Gasteiger partial charge in [-0.2, -0.15) is 0 Å². The monoisotopic (exact) mass is 254 g/mol. The van der Waals surface area contributed by atoms with Crippen LogP contribution in [0.2, 0.25) is 0 Å². The molecule has 1 aromatic carbocycles. The third-order valence-corrected chi connectivity index (χ3v) is 3.55. The predicted octanol–water partition coefficient (Wildman–Crippen LogP) is 0.708. The zero-order valence-corrected chi connectivity index (χ0v) is 10.3. The zero-order valence-electron chi connectivity index (χ0n) is 9.46. The Bertz CT molecular complexity index is 447. The molecule has 5 nitrogen and oxygen atoms in total. The molecule has 2 atom stereocenters. The van der Waals surface area contributed by atoms with Crippen LogP contribution in [-0.4, -0.2) is 35.8 Å². The number of hydrogen-bond donors (Lipinski definition) is 1. The van der Waals surface area contributed by atoms with Crippen molar-refractivity contribution < 1.29 is 13.7 Å². The number of benzene rings is 1. The summed E-state index contributed by atoms with van der Waals surface area (Å²) in [6.07, 6.45) is 0.983. The van der Waals surface area contributed by atoms with E-state index in [1.807, 2.05) is 0 Å². The van der Waals surface area contributed by atoms with Crippen molar-refractivity contribution in [1.82, 2.24) is 0 Å². The minimum atomic E-state index is -1.01. The van der Waals surface area contributed by atoms with Gasteiger partial charge in [-0.15, -0.1) is 0 Å². The highest BCUT2D eigenvalue weighted by Crippen LogP contribution is 2.22. The summed E-state index contributed by atoms with van der Waals surface area (Å²) in [6.45, 7) is 0.781. The van der Waals surface area contributed by atoms with Gasteiger partial charge in [0.1, 0.15) is 6.10 Å². The van der Waals surface area contributed by atoms with Crippen molar-refractivity contribution in [2.45, 2.75) is 11.0 Å². The second kappa shape index (κ2) is 4.85. The Hall–Kier alpha value is -1.40. The molecule has 0 radical (unpaired) electrons. The van der Waals surface area contributed by atoms with E-state index in [9.17, 15) is 9.00 Å². The van der Waals surface area contributed by atoms with Gasteiger partial charge < -0.3 is 10.5 Å². The predicted molar refractivity (Wildman–Crippen MR) is 65.4 cm³/mol. The fraction of sp³-hybridized carbons (Fsp3) is 0.364. The van der Waals surface area contributed by atoms with Crippen LogP contribution < -0.4 is 10.6 Å². The van der Waals surface area contributed by atoms with Gasteiger partial charge in [0.25, 0.3) is 0 Å². The van der Waals surface area contributed by atoms with E-state index in [1.54, 1.807) is 30.5 Å². The highest BCUT2D eigenvalue weighted by Gasteiger charge is 2.31. The Labute approximate surface area is 102 Å². The average molecular weight is 254 g/mol. The van der Waals surface area contributed by atoms with Crippen molar-refractivity contribution in [3.8, 4) is 0 Å². The molecule has 1 fully saturated rings. The number of rotatable bonds is 3. The summed E-state index contributed by atoms with van der Waals surface area (Å²) < 4.78 is 16.3. The molecule has 2 rings (SSSR count). The van der Waals surface area contributed by atoms with E-state index in [-0.39, 0.29) is 12.2 Å². The number of carbonyl (C=O) groups excluding carboxylic acids is 1.